The van der Waals surface area contributed by atoms with Crippen LogP contribution in [0.4, 0.5) is 0 Å². The van der Waals surface area contributed by atoms with Crippen molar-refractivity contribution >= 4 is 11.9 Å². The molecule has 0 saturated carbocycles. The van der Waals surface area contributed by atoms with Gasteiger partial charge >= 0.3 is 11.9 Å². The van der Waals surface area contributed by atoms with E-state index < -0.39 is 11.9 Å². The first kappa shape index (κ1) is 10.9. The molecule has 0 aliphatic heterocycles. The molecular formula is C8H12O4. The highest BCUT2D eigenvalue weighted by molar-refractivity contribution is 5.77. The van der Waals surface area contributed by atoms with E-state index in [9.17, 15) is 9.59 Å². The third-order valence-electron chi connectivity index (χ3n) is 1.06. The summed E-state index contributed by atoms with van der Waals surface area (Å²) < 4.78 is 8.99. The quantitative estimate of drug-likeness (QED) is 0.567. The summed E-state index contributed by atoms with van der Waals surface area (Å²) in [7, 11) is 0. The molecule has 0 rings (SSSR count). The lowest BCUT2D eigenvalue weighted by atomic mass is 10.3. The summed E-state index contributed by atoms with van der Waals surface area (Å²) in [4.78, 5) is 21.3. The maximum atomic E-state index is 10.7. The summed E-state index contributed by atoms with van der Waals surface area (Å²) in [6.07, 6.45) is 0.0721. The molecule has 0 amide bonds. The summed E-state index contributed by atoms with van der Waals surface area (Å²) in [5.41, 5.74) is 0. The minimum Gasteiger partial charge on any atom is -0.466 e. The number of rotatable bonds is 5. The largest absolute Gasteiger partial charge is 0.466 e. The second-order valence-electron chi connectivity index (χ2n) is 1.94. The Morgan fingerprint density at radius 3 is 1.50 bits per heavy atom. The first-order valence-electron chi connectivity index (χ1n) is 3.60. The molecule has 0 spiro atoms. The van der Waals surface area contributed by atoms with Crippen LogP contribution in [0.15, 0.2) is 0 Å². The topological polar surface area (TPSA) is 52.6 Å². The van der Waals surface area contributed by atoms with E-state index >= 15 is 0 Å². The normalized spacial score (nSPS) is 9.17. The highest BCUT2D eigenvalue weighted by Crippen LogP contribution is 1.95. The predicted molar refractivity (Wildman–Crippen MR) is 41.9 cm³/mol. The van der Waals surface area contributed by atoms with Crippen molar-refractivity contribution in [3.8, 4) is 0 Å². The van der Waals surface area contributed by atoms with Crippen LogP contribution in [0.3, 0.4) is 0 Å². The van der Waals surface area contributed by atoms with Crippen LogP contribution in [0.2, 0.25) is 0 Å². The van der Waals surface area contributed by atoms with Gasteiger partial charge in [0.2, 0.25) is 0 Å². The van der Waals surface area contributed by atoms with Crippen molar-refractivity contribution in [3.05, 3.63) is 13.8 Å². The monoisotopic (exact) mass is 172 g/mol. The molecule has 68 valence electrons. The van der Waals surface area contributed by atoms with Gasteiger partial charge in [0, 0.05) is 0 Å². The van der Waals surface area contributed by atoms with E-state index in [-0.39, 0.29) is 26.1 Å². The van der Waals surface area contributed by atoms with Gasteiger partial charge in [-0.3, -0.25) is 9.59 Å². The van der Waals surface area contributed by atoms with Gasteiger partial charge < -0.3 is 9.47 Å². The Morgan fingerprint density at radius 1 is 0.917 bits per heavy atom. The molecule has 0 saturated heterocycles. The predicted octanol–water partition coefficient (Wildman–Crippen LogP) is 0.521. The van der Waals surface area contributed by atoms with Crippen molar-refractivity contribution in [3.63, 3.8) is 0 Å². The highest BCUT2D eigenvalue weighted by atomic mass is 16.5. The number of hydrogen-bond acceptors (Lipinski definition) is 4. The second-order valence-corrected chi connectivity index (χ2v) is 1.94. The number of ether oxygens (including phenoxy) is 2. The molecule has 0 fully saturated rings. The molecule has 0 aromatic carbocycles. The van der Waals surface area contributed by atoms with Crippen LogP contribution in [0.5, 0.6) is 0 Å². The van der Waals surface area contributed by atoms with Crippen molar-refractivity contribution in [2.75, 3.05) is 13.2 Å². The van der Waals surface area contributed by atoms with Gasteiger partial charge in [-0.2, -0.15) is 0 Å². The van der Waals surface area contributed by atoms with E-state index in [2.05, 4.69) is 23.3 Å². The van der Waals surface area contributed by atoms with E-state index in [0.29, 0.717) is 0 Å². The fourth-order valence-corrected chi connectivity index (χ4v) is 0.576. The molecule has 4 heteroatoms. The van der Waals surface area contributed by atoms with Crippen molar-refractivity contribution in [2.45, 2.75) is 12.8 Å². The average molecular weight is 172 g/mol. The third-order valence-corrected chi connectivity index (χ3v) is 1.06. The first-order chi connectivity index (χ1) is 5.70. The first-order valence-corrected chi connectivity index (χ1v) is 3.60. The molecule has 0 aliphatic rings. The molecule has 2 radical (unpaired) electrons. The zero-order valence-corrected chi connectivity index (χ0v) is 6.88. The van der Waals surface area contributed by atoms with Gasteiger partial charge in [-0.15, -0.1) is 0 Å². The van der Waals surface area contributed by atoms with E-state index in [1.807, 2.05) is 0 Å². The molecule has 12 heavy (non-hydrogen) atoms. The van der Waals surface area contributed by atoms with E-state index in [0.717, 1.165) is 0 Å². The van der Waals surface area contributed by atoms with Crippen molar-refractivity contribution in [2.24, 2.45) is 0 Å². The van der Waals surface area contributed by atoms with Gasteiger partial charge in [-0.05, 0) is 13.8 Å². The van der Waals surface area contributed by atoms with Crippen LogP contribution in [-0.4, -0.2) is 25.2 Å². The summed E-state index contributed by atoms with van der Waals surface area (Å²) in [6, 6.07) is 0. The van der Waals surface area contributed by atoms with Crippen LogP contribution in [0.25, 0.3) is 0 Å². The summed E-state index contributed by atoms with van der Waals surface area (Å²) >= 11 is 0. The maximum Gasteiger partial charge on any atom is 0.306 e. The fourth-order valence-electron chi connectivity index (χ4n) is 0.576. The van der Waals surface area contributed by atoms with Gasteiger partial charge in [0.1, 0.15) is 0 Å². The fraction of sp³-hybridized carbons (Fsp3) is 0.500. The molecule has 0 aromatic heterocycles. The second kappa shape index (κ2) is 6.64. The van der Waals surface area contributed by atoms with Crippen LogP contribution in [-0.2, 0) is 19.1 Å². The Morgan fingerprint density at radius 2 is 1.25 bits per heavy atom. The number of hydrogen-bond donors (Lipinski definition) is 0. The Balaban J connectivity index is 3.40. The molecule has 0 aliphatic carbocycles. The number of carbonyl (C=O) groups excluding carboxylic acids is 2. The zero-order valence-electron chi connectivity index (χ0n) is 6.88. The minimum absolute atomic E-state index is 0.0361. The summed E-state index contributed by atoms with van der Waals surface area (Å²) in [5.74, 6) is -0.878. The number of esters is 2. The van der Waals surface area contributed by atoms with Gasteiger partial charge in [0.15, 0.2) is 0 Å². The van der Waals surface area contributed by atoms with Gasteiger partial charge in [0.05, 0.1) is 26.1 Å². The lowest BCUT2D eigenvalue weighted by Gasteiger charge is -2.01. The zero-order chi connectivity index (χ0) is 9.40. The Labute approximate surface area is 71.8 Å². The Hall–Kier alpha value is -1.06. The van der Waals surface area contributed by atoms with Crippen LogP contribution in [0, 0.1) is 13.8 Å². The van der Waals surface area contributed by atoms with Crippen molar-refractivity contribution in [1.82, 2.24) is 0 Å². The molecule has 0 atom stereocenters. The van der Waals surface area contributed by atoms with Gasteiger partial charge in [0.25, 0.3) is 0 Å². The summed E-state index contributed by atoms with van der Waals surface area (Å²) in [6.45, 7) is 6.81. The lowest BCUT2D eigenvalue weighted by molar-refractivity contribution is -0.149. The summed E-state index contributed by atoms with van der Waals surface area (Å²) in [5, 5.41) is 0. The molecule has 0 aromatic rings. The van der Waals surface area contributed by atoms with E-state index in [4.69, 9.17) is 0 Å². The van der Waals surface area contributed by atoms with Crippen molar-refractivity contribution < 1.29 is 19.1 Å². The van der Waals surface area contributed by atoms with E-state index in [1.54, 1.807) is 0 Å². The standard InChI is InChI=1S/C8H12O4/c1-3-11-7(9)5-6-8(10)12-4-2/h1-6H2. The lowest BCUT2D eigenvalue weighted by Crippen LogP contribution is -2.09. The molecule has 0 unspecified atom stereocenters. The van der Waals surface area contributed by atoms with Crippen LogP contribution < -0.4 is 0 Å². The Kier molecular flexibility index (Phi) is 6.05. The molecule has 0 heterocycles. The van der Waals surface area contributed by atoms with Gasteiger partial charge in [-0.25, -0.2) is 0 Å². The number of carbonyl (C=O) groups is 2. The van der Waals surface area contributed by atoms with Crippen LogP contribution >= 0.6 is 0 Å². The smallest absolute Gasteiger partial charge is 0.306 e. The maximum absolute atomic E-state index is 10.7. The molecule has 4 nitrogen and oxygen atoms in total. The molecule has 0 N–H and O–H groups in total. The van der Waals surface area contributed by atoms with Gasteiger partial charge in [-0.1, -0.05) is 0 Å². The highest BCUT2D eigenvalue weighted by Gasteiger charge is 2.07. The van der Waals surface area contributed by atoms with E-state index in [1.165, 1.54) is 0 Å². The van der Waals surface area contributed by atoms with Crippen molar-refractivity contribution in [1.29, 1.82) is 0 Å². The average Bonchev–Trinajstić information content (AvgIpc) is 2.02. The third kappa shape index (κ3) is 5.70. The Bertz CT molecular complexity index is 135. The molecule has 0 bridgehead atoms. The molecular weight excluding hydrogens is 160 g/mol. The minimum atomic E-state index is -0.439. The SMILES string of the molecule is [CH2]COC(=O)CCC(=O)OC[CH2]. The van der Waals surface area contributed by atoms with Crippen LogP contribution in [0.1, 0.15) is 12.8 Å².